The molecule has 0 saturated carbocycles. The van der Waals surface area contributed by atoms with Crippen LogP contribution in [0.5, 0.6) is 0 Å². The predicted molar refractivity (Wildman–Crippen MR) is 102 cm³/mol. The van der Waals surface area contributed by atoms with Crippen molar-refractivity contribution < 1.29 is 4.79 Å². The van der Waals surface area contributed by atoms with Gasteiger partial charge in [0.2, 0.25) is 0 Å². The Morgan fingerprint density at radius 2 is 2.12 bits per heavy atom. The molecule has 0 atom stereocenters. The van der Waals surface area contributed by atoms with E-state index < -0.39 is 0 Å². The SMILES string of the molecule is CCn1c(-c2cc(NC(=O)c3cccs3)n[nH]2)c(C)c2ccccc21. The Labute approximate surface area is 149 Å². The number of para-hydroxylation sites is 1. The molecule has 3 heterocycles. The maximum atomic E-state index is 12.2. The minimum atomic E-state index is -0.138. The van der Waals surface area contributed by atoms with Crippen molar-refractivity contribution in [2.24, 2.45) is 0 Å². The third-order valence-electron chi connectivity index (χ3n) is 4.36. The van der Waals surface area contributed by atoms with Crippen LogP contribution in [-0.4, -0.2) is 20.7 Å². The van der Waals surface area contributed by atoms with Gasteiger partial charge in [-0.1, -0.05) is 24.3 Å². The van der Waals surface area contributed by atoms with E-state index >= 15 is 0 Å². The van der Waals surface area contributed by atoms with Crippen molar-refractivity contribution in [3.8, 4) is 11.4 Å². The predicted octanol–water partition coefficient (Wildman–Crippen LogP) is 4.67. The van der Waals surface area contributed by atoms with Crippen molar-refractivity contribution >= 4 is 34.0 Å². The number of aromatic nitrogens is 3. The number of benzene rings is 1. The van der Waals surface area contributed by atoms with Gasteiger partial charge in [0.05, 0.1) is 16.3 Å². The molecule has 0 aliphatic rings. The molecule has 0 spiro atoms. The van der Waals surface area contributed by atoms with E-state index in [0.717, 1.165) is 17.9 Å². The summed E-state index contributed by atoms with van der Waals surface area (Å²) in [5.41, 5.74) is 4.42. The Kier molecular flexibility index (Phi) is 3.89. The van der Waals surface area contributed by atoms with Gasteiger partial charge in [-0.25, -0.2) is 0 Å². The zero-order valence-electron chi connectivity index (χ0n) is 14.0. The lowest BCUT2D eigenvalue weighted by atomic mass is 10.1. The Morgan fingerprint density at radius 3 is 2.88 bits per heavy atom. The zero-order chi connectivity index (χ0) is 17.4. The number of carbonyl (C=O) groups excluding carboxylic acids is 1. The highest BCUT2D eigenvalue weighted by Crippen LogP contribution is 2.33. The molecule has 4 rings (SSSR count). The summed E-state index contributed by atoms with van der Waals surface area (Å²) in [7, 11) is 0. The summed E-state index contributed by atoms with van der Waals surface area (Å²) in [5.74, 6) is 0.390. The van der Waals surface area contributed by atoms with Crippen LogP contribution < -0.4 is 5.32 Å². The van der Waals surface area contributed by atoms with Crippen LogP contribution in [0.15, 0.2) is 47.8 Å². The number of anilines is 1. The number of hydrogen-bond donors (Lipinski definition) is 2. The van der Waals surface area contributed by atoms with E-state index in [1.807, 2.05) is 17.5 Å². The van der Waals surface area contributed by atoms with Crippen LogP contribution in [0, 0.1) is 6.92 Å². The van der Waals surface area contributed by atoms with E-state index in [1.54, 1.807) is 6.07 Å². The summed E-state index contributed by atoms with van der Waals surface area (Å²) >= 11 is 1.41. The molecule has 0 aliphatic carbocycles. The van der Waals surface area contributed by atoms with Gasteiger partial charge < -0.3 is 9.88 Å². The molecule has 4 aromatic rings. The first-order valence-corrected chi connectivity index (χ1v) is 9.05. The molecule has 0 bridgehead atoms. The molecule has 1 aromatic carbocycles. The number of hydrogen-bond acceptors (Lipinski definition) is 3. The second-order valence-corrected chi connectivity index (χ2v) is 6.78. The van der Waals surface area contributed by atoms with Gasteiger partial charge >= 0.3 is 0 Å². The fraction of sp³-hybridized carbons (Fsp3) is 0.158. The molecular weight excluding hydrogens is 332 g/mol. The monoisotopic (exact) mass is 350 g/mol. The summed E-state index contributed by atoms with van der Waals surface area (Å²) in [6.07, 6.45) is 0. The molecule has 0 aliphatic heterocycles. The van der Waals surface area contributed by atoms with Gasteiger partial charge in [0.25, 0.3) is 5.91 Å². The Morgan fingerprint density at radius 1 is 1.28 bits per heavy atom. The molecule has 25 heavy (non-hydrogen) atoms. The number of carbonyl (C=O) groups is 1. The molecule has 0 saturated heterocycles. The number of aromatic amines is 1. The number of nitrogens with one attached hydrogen (secondary N) is 2. The van der Waals surface area contributed by atoms with Crippen molar-refractivity contribution in [2.45, 2.75) is 20.4 Å². The van der Waals surface area contributed by atoms with Gasteiger partial charge in [0, 0.05) is 23.5 Å². The Balaban J connectivity index is 1.72. The van der Waals surface area contributed by atoms with E-state index in [0.29, 0.717) is 10.7 Å². The number of nitrogens with zero attached hydrogens (tertiary/aromatic N) is 2. The van der Waals surface area contributed by atoms with Crippen LogP contribution in [0.2, 0.25) is 0 Å². The minimum absolute atomic E-state index is 0.138. The summed E-state index contributed by atoms with van der Waals surface area (Å²) in [5, 5.41) is 13.3. The van der Waals surface area contributed by atoms with Crippen molar-refractivity contribution in [3.05, 3.63) is 58.3 Å². The fourth-order valence-electron chi connectivity index (χ4n) is 3.25. The highest BCUT2D eigenvalue weighted by atomic mass is 32.1. The van der Waals surface area contributed by atoms with Gasteiger partial charge in [0.1, 0.15) is 0 Å². The van der Waals surface area contributed by atoms with Crippen LogP contribution in [0.3, 0.4) is 0 Å². The molecule has 6 heteroatoms. The maximum absolute atomic E-state index is 12.2. The first kappa shape index (κ1) is 15.7. The summed E-state index contributed by atoms with van der Waals surface area (Å²) < 4.78 is 2.27. The highest BCUT2D eigenvalue weighted by Gasteiger charge is 2.17. The first-order valence-electron chi connectivity index (χ1n) is 8.17. The van der Waals surface area contributed by atoms with E-state index in [4.69, 9.17) is 0 Å². The lowest BCUT2D eigenvalue weighted by molar-refractivity contribution is 0.103. The normalized spacial score (nSPS) is 11.1. The third kappa shape index (κ3) is 2.64. The fourth-order valence-corrected chi connectivity index (χ4v) is 3.86. The van der Waals surface area contributed by atoms with Crippen LogP contribution in [0.25, 0.3) is 22.3 Å². The molecule has 0 radical (unpaired) electrons. The van der Waals surface area contributed by atoms with Gasteiger partial charge in [-0.05, 0) is 36.9 Å². The summed E-state index contributed by atoms with van der Waals surface area (Å²) in [6.45, 7) is 5.11. The minimum Gasteiger partial charge on any atom is -0.339 e. The first-order chi connectivity index (χ1) is 12.2. The second-order valence-electron chi connectivity index (χ2n) is 5.83. The number of rotatable bonds is 4. The number of fused-ring (bicyclic) bond motifs is 1. The van der Waals surface area contributed by atoms with E-state index in [2.05, 4.69) is 58.2 Å². The van der Waals surface area contributed by atoms with Gasteiger partial charge in [-0.3, -0.25) is 9.89 Å². The number of aryl methyl sites for hydroxylation is 2. The zero-order valence-corrected chi connectivity index (χ0v) is 14.9. The largest absolute Gasteiger partial charge is 0.339 e. The highest BCUT2D eigenvalue weighted by molar-refractivity contribution is 7.12. The van der Waals surface area contributed by atoms with E-state index in [1.165, 1.54) is 27.8 Å². The lowest BCUT2D eigenvalue weighted by Crippen LogP contribution is -2.10. The maximum Gasteiger partial charge on any atom is 0.266 e. The smallest absolute Gasteiger partial charge is 0.266 e. The van der Waals surface area contributed by atoms with Gasteiger partial charge in [-0.2, -0.15) is 5.10 Å². The molecule has 0 unspecified atom stereocenters. The molecule has 1 amide bonds. The van der Waals surface area contributed by atoms with Crippen molar-refractivity contribution in [3.63, 3.8) is 0 Å². The quantitative estimate of drug-likeness (QED) is 0.562. The molecule has 2 N–H and O–H groups in total. The third-order valence-corrected chi connectivity index (χ3v) is 5.23. The molecule has 126 valence electrons. The average molecular weight is 350 g/mol. The lowest BCUT2D eigenvalue weighted by Gasteiger charge is -2.06. The van der Waals surface area contributed by atoms with Gasteiger partial charge in [0.15, 0.2) is 5.82 Å². The van der Waals surface area contributed by atoms with Crippen LogP contribution in [-0.2, 0) is 6.54 Å². The topological polar surface area (TPSA) is 62.7 Å². The van der Waals surface area contributed by atoms with Gasteiger partial charge in [-0.15, -0.1) is 11.3 Å². The number of H-pyrrole nitrogens is 1. The van der Waals surface area contributed by atoms with Crippen molar-refractivity contribution in [1.29, 1.82) is 0 Å². The van der Waals surface area contributed by atoms with Crippen LogP contribution in [0.1, 0.15) is 22.2 Å². The second kappa shape index (κ2) is 6.22. The van der Waals surface area contributed by atoms with E-state index in [9.17, 15) is 4.79 Å². The standard InChI is InChI=1S/C19H18N4OS/c1-3-23-15-8-5-4-7-13(15)12(2)18(23)14-11-17(22-21-14)20-19(24)16-9-6-10-25-16/h4-11H,3H2,1-2H3,(H2,20,21,22,24). The Bertz CT molecular complexity index is 1040. The number of thiophene rings is 1. The molecule has 3 aromatic heterocycles. The molecule has 5 nitrogen and oxygen atoms in total. The average Bonchev–Trinajstić information content (AvgIpc) is 3.35. The van der Waals surface area contributed by atoms with Crippen molar-refractivity contribution in [2.75, 3.05) is 5.32 Å². The van der Waals surface area contributed by atoms with Crippen LogP contribution in [0.4, 0.5) is 5.82 Å². The van der Waals surface area contributed by atoms with E-state index in [-0.39, 0.29) is 5.91 Å². The molecule has 0 fully saturated rings. The summed E-state index contributed by atoms with van der Waals surface area (Å²) in [4.78, 5) is 12.9. The Hall–Kier alpha value is -2.86. The molecular formula is C19H18N4OS. The summed E-state index contributed by atoms with van der Waals surface area (Å²) in [6, 6.07) is 13.9. The van der Waals surface area contributed by atoms with Crippen LogP contribution >= 0.6 is 11.3 Å². The van der Waals surface area contributed by atoms with Crippen molar-refractivity contribution in [1.82, 2.24) is 14.8 Å². The number of amides is 1.